The number of rotatable bonds is 6. The van der Waals surface area contributed by atoms with Gasteiger partial charge in [-0.15, -0.1) is 0 Å². The zero-order valence-electron chi connectivity index (χ0n) is 13.9. The van der Waals surface area contributed by atoms with Crippen molar-refractivity contribution in [3.8, 4) is 5.69 Å². The predicted octanol–water partition coefficient (Wildman–Crippen LogP) is 2.57. The van der Waals surface area contributed by atoms with Gasteiger partial charge in [-0.1, -0.05) is 24.3 Å². The van der Waals surface area contributed by atoms with Crippen LogP contribution in [-0.2, 0) is 16.6 Å². The van der Waals surface area contributed by atoms with Crippen molar-refractivity contribution in [3.05, 3.63) is 82.2 Å². The maximum absolute atomic E-state index is 12.5. The van der Waals surface area contributed by atoms with Crippen molar-refractivity contribution in [2.45, 2.75) is 18.4 Å². The SMILES string of the molecule is Cc1ccc([N+](=O)[O-])cc1S(=O)(=O)NCc1cnn(-c2ccccc2)c1. The number of benzene rings is 2. The monoisotopic (exact) mass is 372 g/mol. The molecule has 0 spiro atoms. The molecule has 1 heterocycles. The molecule has 0 aliphatic carbocycles. The Balaban J connectivity index is 1.78. The average molecular weight is 372 g/mol. The van der Waals surface area contributed by atoms with Crippen LogP contribution in [0.2, 0.25) is 0 Å². The zero-order chi connectivity index (χ0) is 18.7. The van der Waals surface area contributed by atoms with Crippen molar-refractivity contribution >= 4 is 15.7 Å². The number of hydrogen-bond acceptors (Lipinski definition) is 5. The minimum Gasteiger partial charge on any atom is -0.258 e. The van der Waals surface area contributed by atoms with Crippen LogP contribution in [0.5, 0.6) is 0 Å². The van der Waals surface area contributed by atoms with E-state index in [1.165, 1.54) is 12.1 Å². The molecule has 2 aromatic carbocycles. The second kappa shape index (κ2) is 7.06. The molecule has 1 aromatic heterocycles. The highest BCUT2D eigenvalue weighted by Crippen LogP contribution is 2.21. The highest BCUT2D eigenvalue weighted by atomic mass is 32.2. The lowest BCUT2D eigenvalue weighted by molar-refractivity contribution is -0.385. The Morgan fingerprint density at radius 1 is 1.19 bits per heavy atom. The van der Waals surface area contributed by atoms with Gasteiger partial charge in [0.25, 0.3) is 5.69 Å². The number of nitro benzene ring substituents is 1. The molecule has 0 atom stereocenters. The fourth-order valence-corrected chi connectivity index (χ4v) is 3.70. The lowest BCUT2D eigenvalue weighted by Crippen LogP contribution is -2.24. The van der Waals surface area contributed by atoms with Gasteiger partial charge in [-0.25, -0.2) is 17.8 Å². The lowest BCUT2D eigenvalue weighted by Gasteiger charge is -2.08. The Morgan fingerprint density at radius 2 is 1.92 bits per heavy atom. The van der Waals surface area contributed by atoms with Crippen LogP contribution in [0.1, 0.15) is 11.1 Å². The summed E-state index contributed by atoms with van der Waals surface area (Å²) >= 11 is 0. The molecule has 0 radical (unpaired) electrons. The van der Waals surface area contributed by atoms with E-state index in [9.17, 15) is 18.5 Å². The van der Waals surface area contributed by atoms with Crippen LogP contribution in [-0.4, -0.2) is 23.1 Å². The van der Waals surface area contributed by atoms with Gasteiger partial charge in [-0.2, -0.15) is 5.10 Å². The number of non-ortho nitro benzene ring substituents is 1. The number of para-hydroxylation sites is 1. The lowest BCUT2D eigenvalue weighted by atomic mass is 10.2. The minimum atomic E-state index is -3.89. The maximum atomic E-state index is 12.5. The van der Waals surface area contributed by atoms with Crippen molar-refractivity contribution in [2.75, 3.05) is 0 Å². The topological polar surface area (TPSA) is 107 Å². The molecule has 3 aromatic rings. The van der Waals surface area contributed by atoms with E-state index in [1.807, 2.05) is 30.3 Å². The van der Waals surface area contributed by atoms with Crippen molar-refractivity contribution in [2.24, 2.45) is 0 Å². The fourth-order valence-electron chi connectivity index (χ4n) is 2.42. The molecule has 134 valence electrons. The maximum Gasteiger partial charge on any atom is 0.270 e. The first-order valence-electron chi connectivity index (χ1n) is 7.70. The van der Waals surface area contributed by atoms with Gasteiger partial charge in [0.15, 0.2) is 0 Å². The molecule has 0 saturated heterocycles. The molecular weight excluding hydrogens is 356 g/mol. The number of nitro groups is 1. The van der Waals surface area contributed by atoms with E-state index in [1.54, 1.807) is 24.0 Å². The van der Waals surface area contributed by atoms with Crippen molar-refractivity contribution in [1.29, 1.82) is 0 Å². The second-order valence-corrected chi connectivity index (χ2v) is 7.40. The van der Waals surface area contributed by atoms with E-state index >= 15 is 0 Å². The molecule has 0 amide bonds. The number of aryl methyl sites for hydroxylation is 1. The Hall–Kier alpha value is -3.04. The summed E-state index contributed by atoms with van der Waals surface area (Å²) in [5, 5.41) is 15.1. The predicted molar refractivity (Wildman–Crippen MR) is 95.4 cm³/mol. The van der Waals surface area contributed by atoms with Crippen molar-refractivity contribution < 1.29 is 13.3 Å². The summed E-state index contributed by atoms with van der Waals surface area (Å²) < 4.78 is 29.1. The van der Waals surface area contributed by atoms with Gasteiger partial charge in [0.1, 0.15) is 0 Å². The van der Waals surface area contributed by atoms with Crippen molar-refractivity contribution in [1.82, 2.24) is 14.5 Å². The summed E-state index contributed by atoms with van der Waals surface area (Å²) in [6, 6.07) is 13.2. The van der Waals surface area contributed by atoms with E-state index in [0.717, 1.165) is 11.8 Å². The third-order valence-corrected chi connectivity index (χ3v) is 5.34. The quantitative estimate of drug-likeness (QED) is 0.528. The van der Waals surface area contributed by atoms with Gasteiger partial charge in [0.05, 0.1) is 21.7 Å². The van der Waals surface area contributed by atoms with Crippen LogP contribution in [0, 0.1) is 17.0 Å². The first-order valence-corrected chi connectivity index (χ1v) is 9.19. The highest BCUT2D eigenvalue weighted by molar-refractivity contribution is 7.89. The molecular formula is C17H16N4O4S. The average Bonchev–Trinajstić information content (AvgIpc) is 3.10. The Kier molecular flexibility index (Phi) is 4.83. The molecule has 8 nitrogen and oxygen atoms in total. The van der Waals surface area contributed by atoms with Gasteiger partial charge in [-0.3, -0.25) is 10.1 Å². The summed E-state index contributed by atoms with van der Waals surface area (Å²) in [7, 11) is -3.89. The summed E-state index contributed by atoms with van der Waals surface area (Å²) in [6.07, 6.45) is 3.29. The standard InChI is InChI=1S/C17H16N4O4S/c1-13-7-8-16(21(22)23)9-17(13)26(24,25)19-11-14-10-18-20(12-14)15-5-3-2-4-6-15/h2-10,12,19H,11H2,1H3. The second-order valence-electron chi connectivity index (χ2n) is 5.66. The third kappa shape index (κ3) is 3.79. The Bertz CT molecular complexity index is 1050. The molecule has 0 fully saturated rings. The van der Waals surface area contributed by atoms with E-state index < -0.39 is 14.9 Å². The summed E-state index contributed by atoms with van der Waals surface area (Å²) in [4.78, 5) is 10.2. The largest absolute Gasteiger partial charge is 0.270 e. The first-order chi connectivity index (χ1) is 12.4. The van der Waals surface area contributed by atoms with Crippen LogP contribution in [0.25, 0.3) is 5.69 Å². The molecule has 0 aliphatic rings. The summed E-state index contributed by atoms with van der Waals surface area (Å²) in [5.74, 6) is 0. The molecule has 9 heteroatoms. The van der Waals surface area contributed by atoms with Crippen molar-refractivity contribution in [3.63, 3.8) is 0 Å². The fraction of sp³-hybridized carbons (Fsp3) is 0.118. The third-order valence-electron chi connectivity index (χ3n) is 3.80. The van der Waals surface area contributed by atoms with Crippen LogP contribution in [0.3, 0.4) is 0 Å². The van der Waals surface area contributed by atoms with E-state index in [4.69, 9.17) is 0 Å². The number of hydrogen-bond donors (Lipinski definition) is 1. The van der Waals surface area contributed by atoms with E-state index in [0.29, 0.717) is 11.1 Å². The number of nitrogens with zero attached hydrogens (tertiary/aromatic N) is 3. The van der Waals surface area contributed by atoms with Gasteiger partial charge >= 0.3 is 0 Å². The normalized spacial score (nSPS) is 11.4. The Labute approximate surface area is 150 Å². The molecule has 26 heavy (non-hydrogen) atoms. The molecule has 0 bridgehead atoms. The Morgan fingerprint density at radius 3 is 2.62 bits per heavy atom. The van der Waals surface area contributed by atoms with Crippen LogP contribution < -0.4 is 4.72 Å². The highest BCUT2D eigenvalue weighted by Gasteiger charge is 2.20. The number of nitrogens with one attached hydrogen (secondary N) is 1. The zero-order valence-corrected chi connectivity index (χ0v) is 14.7. The van der Waals surface area contributed by atoms with Crippen LogP contribution in [0.4, 0.5) is 5.69 Å². The molecule has 0 aliphatic heterocycles. The van der Waals surface area contributed by atoms with Gasteiger partial charge < -0.3 is 0 Å². The van der Waals surface area contributed by atoms with E-state index in [-0.39, 0.29) is 17.1 Å². The van der Waals surface area contributed by atoms with Gasteiger partial charge in [-0.05, 0) is 24.6 Å². The first kappa shape index (κ1) is 17.8. The number of aromatic nitrogens is 2. The molecule has 3 rings (SSSR count). The van der Waals surface area contributed by atoms with Gasteiger partial charge in [0, 0.05) is 30.4 Å². The van der Waals surface area contributed by atoms with Crippen LogP contribution in [0.15, 0.2) is 65.8 Å². The van der Waals surface area contributed by atoms with Gasteiger partial charge in [0.2, 0.25) is 10.0 Å². The van der Waals surface area contributed by atoms with E-state index in [2.05, 4.69) is 9.82 Å². The molecule has 1 N–H and O–H groups in total. The smallest absolute Gasteiger partial charge is 0.258 e. The molecule has 0 saturated carbocycles. The van der Waals surface area contributed by atoms with Crippen LogP contribution >= 0.6 is 0 Å². The molecule has 0 unspecified atom stereocenters. The summed E-state index contributed by atoms with van der Waals surface area (Å²) in [5.41, 5.74) is 1.69. The number of sulfonamides is 1. The minimum absolute atomic E-state index is 0.0251. The summed E-state index contributed by atoms with van der Waals surface area (Å²) in [6.45, 7) is 1.61.